The van der Waals surface area contributed by atoms with Crippen molar-refractivity contribution >= 4 is 5.78 Å². The fourth-order valence-electron chi connectivity index (χ4n) is 9.64. The zero-order chi connectivity index (χ0) is 23.2. The first-order chi connectivity index (χ1) is 15.0. The van der Waals surface area contributed by atoms with Gasteiger partial charge in [-0.25, -0.2) is 0 Å². The molecule has 0 radical (unpaired) electrons. The molecule has 1 saturated heterocycles. The molecule has 4 nitrogen and oxygen atoms in total. The molecule has 1 aliphatic heterocycles. The SMILES string of the molecule is CC(C)[C@@H](C)CC[C@@H](C)[C@H]1CC[C@H]2[C@@H]3C[C@H]4O[C@]45CC(O)CC(=O)[C@]5(C)[C@H]3[C@H](O)C[C@]12C. The van der Waals surface area contributed by atoms with E-state index in [0.717, 1.165) is 24.7 Å². The van der Waals surface area contributed by atoms with E-state index in [1.807, 2.05) is 0 Å². The van der Waals surface area contributed by atoms with Crippen LogP contribution in [0.4, 0.5) is 0 Å². The Morgan fingerprint density at radius 3 is 2.47 bits per heavy atom. The first kappa shape index (κ1) is 23.3. The van der Waals surface area contributed by atoms with Gasteiger partial charge in [0.15, 0.2) is 0 Å². The number of aliphatic hydroxyl groups excluding tert-OH is 2. The fraction of sp³-hybridized carbons (Fsp3) is 0.964. The number of Topliss-reactive ketones (excluding diaryl/α,β-unsaturated/α-hetero) is 1. The maximum absolute atomic E-state index is 13.4. The highest BCUT2D eigenvalue weighted by Gasteiger charge is 2.80. The summed E-state index contributed by atoms with van der Waals surface area (Å²) in [5.74, 6) is 3.87. The van der Waals surface area contributed by atoms with E-state index >= 15 is 0 Å². The van der Waals surface area contributed by atoms with Crippen molar-refractivity contribution in [2.24, 2.45) is 52.3 Å². The zero-order valence-corrected chi connectivity index (χ0v) is 21.1. The predicted octanol–water partition coefficient (Wildman–Crippen LogP) is 5.00. The largest absolute Gasteiger partial charge is 0.393 e. The molecule has 32 heavy (non-hydrogen) atoms. The average molecular weight is 447 g/mol. The third-order valence-corrected chi connectivity index (χ3v) is 11.8. The summed E-state index contributed by atoms with van der Waals surface area (Å²) in [7, 11) is 0. The van der Waals surface area contributed by atoms with Gasteiger partial charge in [-0.15, -0.1) is 0 Å². The maximum atomic E-state index is 13.4. The number of rotatable bonds is 5. The lowest BCUT2D eigenvalue weighted by Crippen LogP contribution is -2.66. The van der Waals surface area contributed by atoms with E-state index in [4.69, 9.17) is 4.74 Å². The minimum atomic E-state index is -0.642. The Bertz CT molecular complexity index is 765. The van der Waals surface area contributed by atoms with Crippen molar-refractivity contribution < 1.29 is 19.7 Å². The standard InChI is InChI=1S/C28H46O4/c1-15(2)16(3)7-8-17(4)20-9-10-21-19-12-24-28(32-24)13-18(29)11-23(31)27(28,6)25(19)22(30)14-26(20,21)5/h15-22,24-25,29-30H,7-14H2,1-6H3/t16-,17+,18?,19-,20+,21-,22+,24+,25+,26+,27+,28+/m0/s1. The number of fused-ring (bicyclic) bond motifs is 4. The number of carbonyl (C=O) groups excluding carboxylic acids is 1. The molecule has 0 bridgehead atoms. The van der Waals surface area contributed by atoms with Crippen LogP contribution in [0.15, 0.2) is 0 Å². The molecule has 1 spiro atoms. The minimum Gasteiger partial charge on any atom is -0.393 e. The average Bonchev–Trinajstić information content (AvgIpc) is 3.28. The van der Waals surface area contributed by atoms with Gasteiger partial charge in [-0.05, 0) is 73.5 Å². The van der Waals surface area contributed by atoms with Crippen LogP contribution < -0.4 is 0 Å². The molecule has 5 aliphatic rings. The Labute approximate surface area is 194 Å². The lowest BCUT2D eigenvalue weighted by Gasteiger charge is -2.60. The van der Waals surface area contributed by atoms with Gasteiger partial charge in [-0.2, -0.15) is 0 Å². The van der Waals surface area contributed by atoms with Crippen molar-refractivity contribution in [3.8, 4) is 0 Å². The summed E-state index contributed by atoms with van der Waals surface area (Å²) in [6.45, 7) is 14.0. The zero-order valence-electron chi connectivity index (χ0n) is 21.1. The highest BCUT2D eigenvalue weighted by molar-refractivity contribution is 5.89. The summed E-state index contributed by atoms with van der Waals surface area (Å²) < 4.78 is 6.30. The normalized spacial score (nSPS) is 53.8. The number of hydrogen-bond acceptors (Lipinski definition) is 4. The van der Waals surface area contributed by atoms with Crippen LogP contribution in [0.5, 0.6) is 0 Å². The molecule has 5 rings (SSSR count). The van der Waals surface area contributed by atoms with Crippen LogP contribution in [0.3, 0.4) is 0 Å². The van der Waals surface area contributed by atoms with Gasteiger partial charge in [0.2, 0.25) is 0 Å². The lowest BCUT2D eigenvalue weighted by molar-refractivity contribution is -0.180. The van der Waals surface area contributed by atoms with Crippen molar-refractivity contribution in [3.05, 3.63) is 0 Å². The highest BCUT2D eigenvalue weighted by atomic mass is 16.6. The summed E-state index contributed by atoms with van der Waals surface area (Å²) in [5, 5.41) is 22.0. The van der Waals surface area contributed by atoms with E-state index < -0.39 is 23.2 Å². The second-order valence-electron chi connectivity index (χ2n) is 13.5. The maximum Gasteiger partial charge on any atom is 0.144 e. The van der Waals surface area contributed by atoms with Crippen LogP contribution >= 0.6 is 0 Å². The molecule has 12 atom stereocenters. The van der Waals surface area contributed by atoms with Crippen molar-refractivity contribution in [3.63, 3.8) is 0 Å². The summed E-state index contributed by atoms with van der Waals surface area (Å²) in [5.41, 5.74) is -1.00. The number of hydrogen-bond donors (Lipinski definition) is 2. The second-order valence-corrected chi connectivity index (χ2v) is 13.5. The molecule has 1 heterocycles. The molecule has 4 heteroatoms. The van der Waals surface area contributed by atoms with Crippen LogP contribution in [-0.4, -0.2) is 39.9 Å². The van der Waals surface area contributed by atoms with Crippen molar-refractivity contribution in [1.29, 1.82) is 0 Å². The first-order valence-corrected chi connectivity index (χ1v) is 13.5. The minimum absolute atomic E-state index is 0.0191. The van der Waals surface area contributed by atoms with Crippen molar-refractivity contribution in [2.75, 3.05) is 0 Å². The number of carbonyl (C=O) groups is 1. The molecular formula is C28H46O4. The van der Waals surface area contributed by atoms with E-state index in [1.54, 1.807) is 0 Å². The quantitative estimate of drug-likeness (QED) is 0.583. The van der Waals surface area contributed by atoms with Gasteiger partial charge in [0.25, 0.3) is 0 Å². The molecule has 2 N–H and O–H groups in total. The third-order valence-electron chi connectivity index (χ3n) is 11.8. The molecule has 5 fully saturated rings. The Morgan fingerprint density at radius 2 is 1.78 bits per heavy atom. The van der Waals surface area contributed by atoms with Gasteiger partial charge >= 0.3 is 0 Å². The fourth-order valence-corrected chi connectivity index (χ4v) is 9.64. The number of ketones is 1. The first-order valence-electron chi connectivity index (χ1n) is 13.5. The number of aliphatic hydroxyl groups is 2. The summed E-state index contributed by atoms with van der Waals surface area (Å²) in [6.07, 6.45) is 6.67. The summed E-state index contributed by atoms with van der Waals surface area (Å²) in [6, 6.07) is 0. The van der Waals surface area contributed by atoms with Crippen molar-refractivity contribution in [2.45, 2.75) is 117 Å². The smallest absolute Gasteiger partial charge is 0.144 e. The molecule has 4 saturated carbocycles. The van der Waals surface area contributed by atoms with Crippen molar-refractivity contribution in [1.82, 2.24) is 0 Å². The molecule has 0 aromatic heterocycles. The lowest BCUT2D eigenvalue weighted by atomic mass is 9.43. The number of epoxide rings is 1. The predicted molar refractivity (Wildman–Crippen MR) is 125 cm³/mol. The van der Waals surface area contributed by atoms with Gasteiger partial charge in [-0.3, -0.25) is 4.79 Å². The Kier molecular flexibility index (Phi) is 5.48. The molecule has 4 aliphatic carbocycles. The van der Waals surface area contributed by atoms with E-state index in [9.17, 15) is 15.0 Å². The molecule has 0 amide bonds. The van der Waals surface area contributed by atoms with Crippen LogP contribution in [-0.2, 0) is 9.53 Å². The topological polar surface area (TPSA) is 70.1 Å². The van der Waals surface area contributed by atoms with Gasteiger partial charge < -0.3 is 14.9 Å². The van der Waals surface area contributed by atoms with Crippen LogP contribution in [0.1, 0.15) is 92.9 Å². The Morgan fingerprint density at radius 1 is 1.06 bits per heavy atom. The Hall–Kier alpha value is -0.450. The van der Waals surface area contributed by atoms with Crippen LogP contribution in [0.2, 0.25) is 0 Å². The summed E-state index contributed by atoms with van der Waals surface area (Å²) in [4.78, 5) is 13.4. The van der Waals surface area contributed by atoms with E-state index in [-0.39, 0.29) is 29.6 Å². The molecule has 1 unspecified atom stereocenters. The highest BCUT2D eigenvalue weighted by Crippen LogP contribution is 2.73. The van der Waals surface area contributed by atoms with E-state index in [0.29, 0.717) is 30.1 Å². The monoisotopic (exact) mass is 446 g/mol. The Balaban J connectivity index is 1.39. The van der Waals surface area contributed by atoms with E-state index in [2.05, 4.69) is 41.5 Å². The third kappa shape index (κ3) is 3.00. The van der Waals surface area contributed by atoms with Gasteiger partial charge in [-0.1, -0.05) is 47.5 Å². The molecule has 0 aromatic rings. The van der Waals surface area contributed by atoms with E-state index in [1.165, 1.54) is 25.7 Å². The molecular weight excluding hydrogens is 400 g/mol. The van der Waals surface area contributed by atoms with Gasteiger partial charge in [0.05, 0.1) is 23.7 Å². The van der Waals surface area contributed by atoms with Gasteiger partial charge in [0, 0.05) is 18.8 Å². The van der Waals surface area contributed by atoms with Crippen LogP contribution in [0, 0.1) is 52.3 Å². The van der Waals surface area contributed by atoms with Gasteiger partial charge in [0.1, 0.15) is 11.4 Å². The summed E-state index contributed by atoms with van der Waals surface area (Å²) >= 11 is 0. The molecule has 0 aromatic carbocycles. The molecule has 182 valence electrons. The number of ether oxygens (including phenoxy) is 1. The second kappa shape index (κ2) is 7.52. The van der Waals surface area contributed by atoms with Crippen LogP contribution in [0.25, 0.3) is 0 Å².